The highest BCUT2D eigenvalue weighted by molar-refractivity contribution is 5.96. The normalized spacial score (nSPS) is 12.8. The molecule has 0 bridgehead atoms. The molecule has 2 N–H and O–H groups in total. The van der Waals surface area contributed by atoms with Gasteiger partial charge in [0.2, 0.25) is 0 Å². The number of hydrogen-bond acceptors (Lipinski definition) is 2. The zero-order chi connectivity index (χ0) is 15.3. The quantitative estimate of drug-likeness (QED) is 0.869. The Morgan fingerprint density at radius 2 is 1.95 bits per heavy atom. The average molecular weight is 277 g/mol. The molecule has 4 heteroatoms. The number of aliphatic carboxylic acids is 1. The lowest BCUT2D eigenvalue weighted by Crippen LogP contribution is -2.41. The van der Waals surface area contributed by atoms with Crippen molar-refractivity contribution in [1.29, 1.82) is 0 Å². The fourth-order valence-corrected chi connectivity index (χ4v) is 1.86. The lowest BCUT2D eigenvalue weighted by molar-refractivity contribution is -0.139. The first kappa shape index (κ1) is 16.2. The Morgan fingerprint density at radius 1 is 1.30 bits per heavy atom. The summed E-state index contributed by atoms with van der Waals surface area (Å²) < 4.78 is 0. The van der Waals surface area contributed by atoms with Crippen LogP contribution in [-0.2, 0) is 4.79 Å². The van der Waals surface area contributed by atoms with Gasteiger partial charge in [-0.1, -0.05) is 38.5 Å². The Morgan fingerprint density at radius 3 is 2.45 bits per heavy atom. The second-order valence-electron chi connectivity index (χ2n) is 6.33. The summed E-state index contributed by atoms with van der Waals surface area (Å²) in [7, 11) is 0. The number of carboxylic acids is 1. The predicted octanol–water partition coefficient (Wildman–Crippen LogP) is 3.00. The van der Waals surface area contributed by atoms with Crippen LogP contribution in [0.25, 0.3) is 0 Å². The molecule has 20 heavy (non-hydrogen) atoms. The molecule has 1 aromatic rings. The second-order valence-corrected chi connectivity index (χ2v) is 6.33. The van der Waals surface area contributed by atoms with Crippen LogP contribution in [0, 0.1) is 12.3 Å². The monoisotopic (exact) mass is 277 g/mol. The largest absolute Gasteiger partial charge is 0.480 e. The first-order chi connectivity index (χ1) is 9.19. The number of rotatable bonds is 5. The molecule has 0 fully saturated rings. The molecule has 1 atom stereocenters. The third-order valence-corrected chi connectivity index (χ3v) is 3.07. The number of carbonyl (C=O) groups excluding carboxylic acids is 1. The summed E-state index contributed by atoms with van der Waals surface area (Å²) in [5.41, 5.74) is 1.51. The van der Waals surface area contributed by atoms with Crippen LogP contribution in [-0.4, -0.2) is 23.0 Å². The van der Waals surface area contributed by atoms with E-state index in [0.717, 1.165) is 12.0 Å². The van der Waals surface area contributed by atoms with Crippen molar-refractivity contribution < 1.29 is 14.7 Å². The van der Waals surface area contributed by atoms with E-state index in [2.05, 4.69) is 5.32 Å². The van der Waals surface area contributed by atoms with Crippen molar-refractivity contribution in [2.45, 2.75) is 46.6 Å². The summed E-state index contributed by atoms with van der Waals surface area (Å²) in [5.74, 6) is -1.33. The molecule has 0 aromatic heterocycles. The van der Waals surface area contributed by atoms with Crippen molar-refractivity contribution in [1.82, 2.24) is 5.32 Å². The van der Waals surface area contributed by atoms with Crippen LogP contribution in [0.4, 0.5) is 0 Å². The van der Waals surface area contributed by atoms with Crippen molar-refractivity contribution in [2.75, 3.05) is 0 Å². The maximum atomic E-state index is 12.1. The Bertz CT molecular complexity index is 489. The Kier molecular flexibility index (Phi) is 5.31. The second kappa shape index (κ2) is 6.55. The fraction of sp³-hybridized carbons (Fsp3) is 0.500. The van der Waals surface area contributed by atoms with Crippen molar-refractivity contribution in [3.63, 3.8) is 0 Å². The maximum Gasteiger partial charge on any atom is 0.326 e. The van der Waals surface area contributed by atoms with E-state index in [9.17, 15) is 14.7 Å². The molecule has 0 spiro atoms. The van der Waals surface area contributed by atoms with E-state index in [-0.39, 0.29) is 11.3 Å². The van der Waals surface area contributed by atoms with Gasteiger partial charge in [-0.3, -0.25) is 4.79 Å². The molecule has 0 radical (unpaired) electrons. The van der Waals surface area contributed by atoms with Crippen LogP contribution >= 0.6 is 0 Å². The van der Waals surface area contributed by atoms with Crippen LogP contribution < -0.4 is 5.32 Å². The molecule has 0 aliphatic carbocycles. The van der Waals surface area contributed by atoms with Crippen LogP contribution in [0.3, 0.4) is 0 Å². The van der Waals surface area contributed by atoms with Gasteiger partial charge in [0, 0.05) is 5.56 Å². The summed E-state index contributed by atoms with van der Waals surface area (Å²) in [6.45, 7) is 8.04. The van der Waals surface area contributed by atoms with Gasteiger partial charge in [-0.25, -0.2) is 4.79 Å². The lowest BCUT2D eigenvalue weighted by Gasteiger charge is -2.21. The van der Waals surface area contributed by atoms with E-state index in [1.165, 1.54) is 0 Å². The number of nitrogens with one attached hydrogen (secondary N) is 1. The smallest absolute Gasteiger partial charge is 0.326 e. The number of amides is 1. The molecule has 1 unspecified atom stereocenters. The summed E-state index contributed by atoms with van der Waals surface area (Å²) in [6, 6.07) is 6.27. The Balaban J connectivity index is 2.71. The molecule has 0 aliphatic rings. The molecule has 0 saturated carbocycles. The highest BCUT2D eigenvalue weighted by Crippen LogP contribution is 2.21. The number of aryl methyl sites for hydroxylation is 1. The van der Waals surface area contributed by atoms with Crippen molar-refractivity contribution in [2.24, 2.45) is 5.41 Å². The van der Waals surface area contributed by atoms with Gasteiger partial charge in [-0.15, -0.1) is 0 Å². The minimum absolute atomic E-state index is 0.0434. The molecule has 1 aromatic carbocycles. The molecular formula is C16H23NO3. The van der Waals surface area contributed by atoms with Crippen molar-refractivity contribution >= 4 is 11.9 Å². The molecule has 0 heterocycles. The van der Waals surface area contributed by atoms with Gasteiger partial charge in [0.25, 0.3) is 5.91 Å². The standard InChI is InChI=1S/C16H23NO3/c1-11-6-5-7-12(10-11)14(18)17-13(15(19)20)8-9-16(2,3)4/h5-7,10,13H,8-9H2,1-4H3,(H,17,18)(H,19,20). The fourth-order valence-electron chi connectivity index (χ4n) is 1.86. The van der Waals surface area contributed by atoms with Gasteiger partial charge < -0.3 is 10.4 Å². The third-order valence-electron chi connectivity index (χ3n) is 3.07. The SMILES string of the molecule is Cc1cccc(C(=O)NC(CCC(C)(C)C)C(=O)O)c1. The first-order valence-corrected chi connectivity index (χ1v) is 6.79. The van der Waals surface area contributed by atoms with E-state index in [0.29, 0.717) is 12.0 Å². The average Bonchev–Trinajstić information content (AvgIpc) is 2.32. The Labute approximate surface area is 120 Å². The summed E-state index contributed by atoms with van der Waals surface area (Å²) in [6.07, 6.45) is 1.16. The van der Waals surface area contributed by atoms with E-state index < -0.39 is 12.0 Å². The summed E-state index contributed by atoms with van der Waals surface area (Å²) in [5, 5.41) is 11.8. The molecular weight excluding hydrogens is 254 g/mol. The number of hydrogen-bond donors (Lipinski definition) is 2. The first-order valence-electron chi connectivity index (χ1n) is 6.79. The Hall–Kier alpha value is -1.84. The van der Waals surface area contributed by atoms with Gasteiger partial charge in [-0.2, -0.15) is 0 Å². The highest BCUT2D eigenvalue weighted by Gasteiger charge is 2.23. The number of carboxylic acid groups (broad SMARTS) is 1. The van der Waals surface area contributed by atoms with Crippen molar-refractivity contribution in [3.05, 3.63) is 35.4 Å². The van der Waals surface area contributed by atoms with E-state index in [4.69, 9.17) is 0 Å². The van der Waals surface area contributed by atoms with E-state index in [1.54, 1.807) is 18.2 Å². The zero-order valence-electron chi connectivity index (χ0n) is 12.6. The zero-order valence-corrected chi connectivity index (χ0v) is 12.6. The number of carbonyl (C=O) groups is 2. The number of benzene rings is 1. The summed E-state index contributed by atoms with van der Waals surface area (Å²) >= 11 is 0. The van der Waals surface area contributed by atoms with Crippen LogP contribution in [0.1, 0.15) is 49.5 Å². The third kappa shape index (κ3) is 5.43. The van der Waals surface area contributed by atoms with E-state index >= 15 is 0 Å². The predicted molar refractivity (Wildman–Crippen MR) is 78.8 cm³/mol. The van der Waals surface area contributed by atoms with Gasteiger partial charge in [0.05, 0.1) is 0 Å². The van der Waals surface area contributed by atoms with Gasteiger partial charge in [-0.05, 0) is 37.3 Å². The summed E-state index contributed by atoms with van der Waals surface area (Å²) in [4.78, 5) is 23.3. The van der Waals surface area contributed by atoms with Crippen molar-refractivity contribution in [3.8, 4) is 0 Å². The molecule has 4 nitrogen and oxygen atoms in total. The molecule has 1 amide bonds. The van der Waals surface area contributed by atoms with Gasteiger partial charge >= 0.3 is 5.97 Å². The maximum absolute atomic E-state index is 12.1. The van der Waals surface area contributed by atoms with Gasteiger partial charge in [0.15, 0.2) is 0 Å². The van der Waals surface area contributed by atoms with Gasteiger partial charge in [0.1, 0.15) is 6.04 Å². The topological polar surface area (TPSA) is 66.4 Å². The molecule has 110 valence electrons. The minimum Gasteiger partial charge on any atom is -0.480 e. The van der Waals surface area contributed by atoms with E-state index in [1.807, 2.05) is 33.8 Å². The van der Waals surface area contributed by atoms with Crippen LogP contribution in [0.2, 0.25) is 0 Å². The lowest BCUT2D eigenvalue weighted by atomic mass is 9.88. The molecule has 1 rings (SSSR count). The minimum atomic E-state index is -0.991. The van der Waals surface area contributed by atoms with Crippen LogP contribution in [0.15, 0.2) is 24.3 Å². The molecule has 0 saturated heterocycles. The highest BCUT2D eigenvalue weighted by atomic mass is 16.4. The van der Waals surface area contributed by atoms with Crippen LogP contribution in [0.5, 0.6) is 0 Å². The molecule has 0 aliphatic heterocycles.